The van der Waals surface area contributed by atoms with E-state index in [0.717, 1.165) is 24.0 Å². The Balaban J connectivity index is 1.96. The molecule has 0 heterocycles. The van der Waals surface area contributed by atoms with Gasteiger partial charge in [-0.2, -0.15) is 0 Å². The Morgan fingerprint density at radius 1 is 0.704 bits per heavy atom. The van der Waals surface area contributed by atoms with Gasteiger partial charge in [-0.25, -0.2) is 0 Å². The van der Waals surface area contributed by atoms with Crippen LogP contribution in [0.15, 0.2) is 24.3 Å². The number of hydrogen-bond donors (Lipinski definition) is 2. The Morgan fingerprint density at radius 3 is 1.30 bits per heavy atom. The summed E-state index contributed by atoms with van der Waals surface area (Å²) >= 11 is 25.4. The van der Waals surface area contributed by atoms with Crippen molar-refractivity contribution >= 4 is 46.4 Å². The zero-order valence-corrected chi connectivity index (χ0v) is 17.3. The molecule has 8 heteroatoms. The summed E-state index contributed by atoms with van der Waals surface area (Å²) < 4.78 is 10.8. The summed E-state index contributed by atoms with van der Waals surface area (Å²) in [4.78, 5) is 0. The fourth-order valence-corrected chi connectivity index (χ4v) is 4.30. The molecule has 1 aliphatic rings. The van der Waals surface area contributed by atoms with Crippen molar-refractivity contribution in [1.82, 2.24) is 0 Å². The molecule has 2 aromatic rings. The van der Waals surface area contributed by atoms with Crippen molar-refractivity contribution in [3.05, 3.63) is 55.5 Å². The Kier molecular flexibility index (Phi) is 6.67. The Hall–Kier alpha value is -0.880. The molecule has 0 aromatic heterocycles. The fraction of sp³-hybridized carbons (Fsp3) is 0.368. The topological polar surface area (TPSA) is 58.9 Å². The molecule has 2 aromatic carbocycles. The molecule has 0 aliphatic heterocycles. The predicted octanol–water partition coefficient (Wildman–Crippen LogP) is 5.12. The van der Waals surface area contributed by atoms with Crippen molar-refractivity contribution in [2.45, 2.75) is 18.3 Å². The summed E-state index contributed by atoms with van der Waals surface area (Å²) in [5.41, 5.74) is 1.63. The van der Waals surface area contributed by atoms with E-state index in [1.54, 1.807) is 0 Å². The van der Waals surface area contributed by atoms with Gasteiger partial charge in [-0.3, -0.25) is 0 Å². The molecule has 0 radical (unpaired) electrons. The molecule has 4 nitrogen and oxygen atoms in total. The first kappa shape index (κ1) is 20.8. The second kappa shape index (κ2) is 8.64. The molecule has 1 aliphatic carbocycles. The summed E-state index contributed by atoms with van der Waals surface area (Å²) in [6, 6.07) is 7.30. The van der Waals surface area contributed by atoms with Crippen molar-refractivity contribution in [2.24, 2.45) is 0 Å². The average Bonchev–Trinajstić information content (AvgIpc) is 3.42. The molecular formula is C19H18Cl4O4. The van der Waals surface area contributed by atoms with Gasteiger partial charge in [0.2, 0.25) is 0 Å². The number of benzene rings is 2. The van der Waals surface area contributed by atoms with Gasteiger partial charge in [-0.05, 0) is 48.2 Å². The van der Waals surface area contributed by atoms with Crippen LogP contribution in [0.3, 0.4) is 0 Å². The maximum Gasteiger partial charge on any atom is 0.156 e. The Labute approximate surface area is 177 Å². The first-order chi connectivity index (χ1) is 12.9. The van der Waals surface area contributed by atoms with E-state index in [0.29, 0.717) is 31.6 Å². The van der Waals surface area contributed by atoms with Gasteiger partial charge in [-0.15, -0.1) is 0 Å². The molecule has 0 bridgehead atoms. The van der Waals surface area contributed by atoms with Crippen LogP contribution in [0.2, 0.25) is 20.1 Å². The van der Waals surface area contributed by atoms with Crippen LogP contribution in [-0.2, 0) is 5.41 Å². The zero-order valence-electron chi connectivity index (χ0n) is 14.3. The van der Waals surface area contributed by atoms with Gasteiger partial charge in [0.05, 0.1) is 33.3 Å². The lowest BCUT2D eigenvalue weighted by Crippen LogP contribution is -2.11. The third-order valence-electron chi connectivity index (χ3n) is 4.53. The largest absolute Gasteiger partial charge is 0.488 e. The van der Waals surface area contributed by atoms with Gasteiger partial charge in [0.15, 0.2) is 11.5 Å². The van der Waals surface area contributed by atoms with E-state index in [1.807, 2.05) is 24.3 Å². The number of aliphatic hydroxyl groups excluding tert-OH is 2. The van der Waals surface area contributed by atoms with Gasteiger partial charge < -0.3 is 19.7 Å². The minimum Gasteiger partial charge on any atom is -0.488 e. The number of aliphatic hydroxyl groups is 2. The van der Waals surface area contributed by atoms with E-state index in [9.17, 15) is 0 Å². The van der Waals surface area contributed by atoms with E-state index in [4.69, 9.17) is 66.1 Å². The van der Waals surface area contributed by atoms with Crippen molar-refractivity contribution in [2.75, 3.05) is 26.4 Å². The fourth-order valence-electron chi connectivity index (χ4n) is 3.11. The van der Waals surface area contributed by atoms with Gasteiger partial charge in [0.25, 0.3) is 0 Å². The summed E-state index contributed by atoms with van der Waals surface area (Å²) in [6.07, 6.45) is 1.81. The number of halogens is 4. The normalized spacial score (nSPS) is 14.9. The van der Waals surface area contributed by atoms with Crippen LogP contribution in [0.25, 0.3) is 0 Å². The minimum absolute atomic E-state index is 0.116. The van der Waals surface area contributed by atoms with Gasteiger partial charge in [0, 0.05) is 5.41 Å². The number of hydrogen-bond acceptors (Lipinski definition) is 4. The van der Waals surface area contributed by atoms with Gasteiger partial charge >= 0.3 is 0 Å². The average molecular weight is 452 g/mol. The Bertz CT molecular complexity index is 725. The molecule has 0 atom stereocenters. The van der Waals surface area contributed by atoms with E-state index in [1.165, 1.54) is 0 Å². The highest BCUT2D eigenvalue weighted by Crippen LogP contribution is 2.56. The number of ether oxygens (including phenoxy) is 2. The lowest BCUT2D eigenvalue weighted by molar-refractivity contribution is 0.201. The molecule has 0 saturated heterocycles. The third kappa shape index (κ3) is 4.26. The monoisotopic (exact) mass is 450 g/mol. The summed E-state index contributed by atoms with van der Waals surface area (Å²) in [7, 11) is 0. The van der Waals surface area contributed by atoms with Crippen LogP contribution in [-0.4, -0.2) is 36.6 Å². The molecular weight excluding hydrogens is 434 g/mol. The highest BCUT2D eigenvalue weighted by atomic mass is 35.5. The van der Waals surface area contributed by atoms with Crippen molar-refractivity contribution in [3.63, 3.8) is 0 Å². The number of rotatable bonds is 8. The van der Waals surface area contributed by atoms with Crippen molar-refractivity contribution < 1.29 is 19.7 Å². The summed E-state index contributed by atoms with van der Waals surface area (Å²) in [5, 5.41) is 19.4. The van der Waals surface area contributed by atoms with Crippen molar-refractivity contribution in [3.8, 4) is 11.5 Å². The lowest BCUT2D eigenvalue weighted by Gasteiger charge is -2.21. The molecule has 1 saturated carbocycles. The third-order valence-corrected chi connectivity index (χ3v) is 5.65. The molecule has 0 spiro atoms. The van der Waals surface area contributed by atoms with Gasteiger partial charge in [0.1, 0.15) is 13.2 Å². The lowest BCUT2D eigenvalue weighted by atomic mass is 9.88. The molecule has 0 unspecified atom stereocenters. The highest BCUT2D eigenvalue weighted by molar-refractivity contribution is 6.38. The highest BCUT2D eigenvalue weighted by Gasteiger charge is 2.47. The first-order valence-corrected chi connectivity index (χ1v) is 9.90. The molecule has 146 valence electrons. The smallest absolute Gasteiger partial charge is 0.156 e. The predicted molar refractivity (Wildman–Crippen MR) is 108 cm³/mol. The molecule has 2 N–H and O–H groups in total. The van der Waals surface area contributed by atoms with Crippen LogP contribution in [0.4, 0.5) is 0 Å². The minimum atomic E-state index is -0.272. The standard InChI is InChI=1S/C19H18Cl4O4/c20-13-7-11(8-14(21)17(13)26-5-3-24)19(1-2-19)12-9-15(22)18(16(23)10-12)27-6-4-25/h7-10,24-25H,1-6H2. The van der Waals surface area contributed by atoms with E-state index in [-0.39, 0.29) is 31.8 Å². The molecule has 0 amide bonds. The quantitative estimate of drug-likeness (QED) is 0.584. The molecule has 1 fully saturated rings. The van der Waals surface area contributed by atoms with E-state index in [2.05, 4.69) is 0 Å². The van der Waals surface area contributed by atoms with Crippen LogP contribution < -0.4 is 9.47 Å². The zero-order chi connectivity index (χ0) is 19.6. The summed E-state index contributed by atoms with van der Waals surface area (Å²) in [6.45, 7) is -0.0189. The Morgan fingerprint density at radius 2 is 1.04 bits per heavy atom. The van der Waals surface area contributed by atoms with E-state index >= 15 is 0 Å². The SMILES string of the molecule is OCCOc1c(Cl)cc(C2(c3cc(Cl)c(OCCO)c(Cl)c3)CC2)cc1Cl. The second-order valence-corrected chi connectivity index (χ2v) is 7.89. The van der Waals surface area contributed by atoms with Crippen LogP contribution in [0, 0.1) is 0 Å². The van der Waals surface area contributed by atoms with Crippen LogP contribution in [0.5, 0.6) is 11.5 Å². The van der Waals surface area contributed by atoms with Gasteiger partial charge in [-0.1, -0.05) is 46.4 Å². The van der Waals surface area contributed by atoms with Crippen molar-refractivity contribution in [1.29, 1.82) is 0 Å². The summed E-state index contributed by atoms with van der Waals surface area (Å²) in [5.74, 6) is 0.714. The van der Waals surface area contributed by atoms with Crippen LogP contribution >= 0.6 is 46.4 Å². The second-order valence-electron chi connectivity index (χ2n) is 6.26. The maximum atomic E-state index is 8.92. The maximum absolute atomic E-state index is 8.92. The first-order valence-electron chi connectivity index (χ1n) is 8.39. The molecule has 3 rings (SSSR count). The van der Waals surface area contributed by atoms with Crippen LogP contribution in [0.1, 0.15) is 24.0 Å². The molecule has 27 heavy (non-hydrogen) atoms. The van der Waals surface area contributed by atoms with E-state index < -0.39 is 0 Å².